The van der Waals surface area contributed by atoms with Crippen molar-refractivity contribution in [1.82, 2.24) is 29.8 Å². The van der Waals surface area contributed by atoms with Crippen LogP contribution in [-0.2, 0) is 6.54 Å². The maximum absolute atomic E-state index is 12.4. The summed E-state index contributed by atoms with van der Waals surface area (Å²) >= 11 is 0. The Balaban J connectivity index is 1.37. The van der Waals surface area contributed by atoms with Crippen LogP contribution in [0.4, 0.5) is 18.9 Å². The largest absolute Gasteiger partial charge is 0.573 e. The highest BCUT2D eigenvalue weighted by Crippen LogP contribution is 2.27. The maximum atomic E-state index is 12.4. The lowest BCUT2D eigenvalue weighted by atomic mass is 10.2. The molecule has 0 spiro atoms. The summed E-state index contributed by atoms with van der Waals surface area (Å²) in [6.07, 6.45) is -2.94. The van der Waals surface area contributed by atoms with Gasteiger partial charge < -0.3 is 14.6 Å². The quantitative estimate of drug-likeness (QED) is 0.254. The van der Waals surface area contributed by atoms with Crippen LogP contribution in [0.5, 0.6) is 5.75 Å². The lowest BCUT2D eigenvalue weighted by Crippen LogP contribution is -2.40. The molecule has 0 fully saturated rings. The van der Waals surface area contributed by atoms with Gasteiger partial charge >= 0.3 is 6.36 Å². The molecule has 0 radical (unpaired) electrons. The van der Waals surface area contributed by atoms with Crippen molar-refractivity contribution >= 4 is 5.69 Å². The van der Waals surface area contributed by atoms with Gasteiger partial charge in [-0.3, -0.25) is 14.6 Å². The molecule has 9 nitrogen and oxygen atoms in total. The van der Waals surface area contributed by atoms with Gasteiger partial charge in [0.2, 0.25) is 5.82 Å². The van der Waals surface area contributed by atoms with Gasteiger partial charge in [0.05, 0.1) is 24.1 Å². The highest BCUT2D eigenvalue weighted by Gasteiger charge is 2.31. The molecule has 0 amide bonds. The number of aryl methyl sites for hydroxylation is 1. The van der Waals surface area contributed by atoms with Crippen molar-refractivity contribution in [2.45, 2.75) is 59.6 Å². The molecule has 4 rings (SSSR count). The van der Waals surface area contributed by atoms with Crippen LogP contribution in [0.3, 0.4) is 0 Å². The van der Waals surface area contributed by atoms with Gasteiger partial charge in [0, 0.05) is 36.4 Å². The molecule has 0 aliphatic carbocycles. The van der Waals surface area contributed by atoms with Crippen molar-refractivity contribution in [2.24, 2.45) is 0 Å². The first-order valence-corrected chi connectivity index (χ1v) is 12.7. The number of hydrogen-bond acceptors (Lipinski definition) is 8. The van der Waals surface area contributed by atoms with Crippen molar-refractivity contribution in [3.8, 4) is 28.7 Å². The summed E-state index contributed by atoms with van der Waals surface area (Å²) in [6, 6.07) is 12.0. The minimum absolute atomic E-state index is 0.201. The van der Waals surface area contributed by atoms with E-state index in [-0.39, 0.29) is 17.5 Å². The number of rotatable bonds is 11. The van der Waals surface area contributed by atoms with Crippen LogP contribution in [-0.4, -0.2) is 61.3 Å². The Labute approximate surface area is 225 Å². The molecule has 208 valence electrons. The van der Waals surface area contributed by atoms with Gasteiger partial charge in [-0.25, -0.2) is 0 Å². The second-order valence-corrected chi connectivity index (χ2v) is 9.71. The average molecular weight is 544 g/mol. The minimum atomic E-state index is -4.76. The fourth-order valence-corrected chi connectivity index (χ4v) is 4.24. The molecule has 0 bridgehead atoms. The average Bonchev–Trinajstić information content (AvgIpc) is 3.49. The lowest BCUT2D eigenvalue weighted by Gasteiger charge is -2.30. The first-order chi connectivity index (χ1) is 18.5. The number of pyridine rings is 1. The summed E-state index contributed by atoms with van der Waals surface area (Å²) < 4.78 is 48.2. The van der Waals surface area contributed by atoms with Crippen LogP contribution in [0.15, 0.2) is 53.2 Å². The summed E-state index contributed by atoms with van der Waals surface area (Å²) in [5.41, 5.74) is 3.65. The van der Waals surface area contributed by atoms with Crippen LogP contribution in [0, 0.1) is 6.92 Å². The molecular weight excluding hydrogens is 511 g/mol. The lowest BCUT2D eigenvalue weighted by molar-refractivity contribution is -0.274. The molecule has 1 N–H and O–H groups in total. The van der Waals surface area contributed by atoms with Gasteiger partial charge in [-0.05, 0) is 77.1 Å². The maximum Gasteiger partial charge on any atom is 0.573 e. The fraction of sp³-hybridized carbons (Fsp3) is 0.407. The van der Waals surface area contributed by atoms with Crippen molar-refractivity contribution in [3.05, 3.63) is 60.0 Å². The highest BCUT2D eigenvalue weighted by atomic mass is 19.4. The Kier molecular flexibility index (Phi) is 8.54. The number of aromatic nitrogens is 5. The summed E-state index contributed by atoms with van der Waals surface area (Å²) in [4.78, 5) is 11.3. The van der Waals surface area contributed by atoms with Crippen molar-refractivity contribution in [2.75, 3.05) is 18.4 Å². The van der Waals surface area contributed by atoms with E-state index in [1.807, 2.05) is 31.3 Å². The number of anilines is 1. The molecule has 3 heterocycles. The zero-order chi connectivity index (χ0) is 28.2. The van der Waals surface area contributed by atoms with E-state index in [0.29, 0.717) is 29.9 Å². The number of benzene rings is 1. The highest BCUT2D eigenvalue weighted by molar-refractivity contribution is 5.59. The predicted octanol–water partition coefficient (Wildman–Crippen LogP) is 5.78. The first-order valence-electron chi connectivity index (χ1n) is 12.7. The van der Waals surface area contributed by atoms with E-state index in [2.05, 4.69) is 62.9 Å². The van der Waals surface area contributed by atoms with E-state index in [9.17, 15) is 13.2 Å². The summed E-state index contributed by atoms with van der Waals surface area (Å²) in [7, 11) is 0. The topological polar surface area (TPSA) is 94.1 Å². The zero-order valence-corrected chi connectivity index (χ0v) is 22.5. The monoisotopic (exact) mass is 543 g/mol. The molecule has 4 aromatic rings. The third-order valence-electron chi connectivity index (χ3n) is 6.13. The van der Waals surface area contributed by atoms with Crippen LogP contribution in [0.2, 0.25) is 0 Å². The Bertz CT molecular complexity index is 1340. The van der Waals surface area contributed by atoms with Gasteiger partial charge in [-0.15, -0.1) is 13.2 Å². The van der Waals surface area contributed by atoms with E-state index in [4.69, 9.17) is 4.52 Å². The number of halogens is 3. The van der Waals surface area contributed by atoms with Crippen molar-refractivity contribution < 1.29 is 22.4 Å². The Morgan fingerprint density at radius 3 is 2.38 bits per heavy atom. The molecule has 0 saturated heterocycles. The van der Waals surface area contributed by atoms with Crippen molar-refractivity contribution in [3.63, 3.8) is 0 Å². The standard InChI is InChI=1S/C27H32F3N7O2/c1-17(2)36(18(3)4)13-12-31-21-8-9-22(32-15-21)16-37-19(5)14-24(34-37)26-33-25(35-39-26)20-6-10-23(11-7-20)38-27(28,29)30/h6-11,14-15,17-18,31H,12-13,16H2,1-5H3. The Morgan fingerprint density at radius 2 is 1.77 bits per heavy atom. The first kappa shape index (κ1) is 28.1. The van der Waals surface area contributed by atoms with Crippen LogP contribution < -0.4 is 10.1 Å². The van der Waals surface area contributed by atoms with Gasteiger partial charge in [0.1, 0.15) is 5.75 Å². The van der Waals surface area contributed by atoms with E-state index in [0.717, 1.165) is 30.2 Å². The summed E-state index contributed by atoms with van der Waals surface area (Å²) in [6.45, 7) is 13.0. The van der Waals surface area contributed by atoms with E-state index in [1.54, 1.807) is 4.68 Å². The third-order valence-corrected chi connectivity index (χ3v) is 6.13. The second-order valence-electron chi connectivity index (χ2n) is 9.71. The molecule has 12 heteroatoms. The molecule has 39 heavy (non-hydrogen) atoms. The van der Waals surface area contributed by atoms with Gasteiger partial charge in [0.15, 0.2) is 5.69 Å². The molecule has 0 aliphatic heterocycles. The van der Waals surface area contributed by atoms with Crippen molar-refractivity contribution in [1.29, 1.82) is 0 Å². The fourth-order valence-electron chi connectivity index (χ4n) is 4.24. The number of ether oxygens (including phenoxy) is 1. The van der Waals surface area contributed by atoms with E-state index >= 15 is 0 Å². The minimum Gasteiger partial charge on any atom is -0.406 e. The number of hydrogen-bond donors (Lipinski definition) is 1. The molecule has 3 aromatic heterocycles. The van der Waals surface area contributed by atoms with E-state index < -0.39 is 6.36 Å². The second kappa shape index (κ2) is 11.9. The normalized spacial score (nSPS) is 12.1. The number of alkyl halides is 3. The molecule has 0 aliphatic rings. The van der Waals surface area contributed by atoms with Gasteiger partial charge in [-0.2, -0.15) is 10.1 Å². The smallest absolute Gasteiger partial charge is 0.406 e. The van der Waals surface area contributed by atoms with Crippen LogP contribution >= 0.6 is 0 Å². The third kappa shape index (κ3) is 7.56. The zero-order valence-electron chi connectivity index (χ0n) is 22.5. The molecular formula is C27H32F3N7O2. The van der Waals surface area contributed by atoms with Crippen LogP contribution in [0.1, 0.15) is 39.1 Å². The number of nitrogens with one attached hydrogen (secondary N) is 1. The van der Waals surface area contributed by atoms with E-state index in [1.165, 1.54) is 24.3 Å². The van der Waals surface area contributed by atoms with Gasteiger partial charge in [-0.1, -0.05) is 5.16 Å². The molecule has 1 aromatic carbocycles. The van der Waals surface area contributed by atoms with Gasteiger partial charge in [0.25, 0.3) is 5.89 Å². The predicted molar refractivity (Wildman–Crippen MR) is 141 cm³/mol. The molecule has 0 atom stereocenters. The Morgan fingerprint density at radius 1 is 1.05 bits per heavy atom. The SMILES string of the molecule is Cc1cc(-c2nc(-c3ccc(OC(F)(F)F)cc3)no2)nn1Cc1ccc(NCCN(C(C)C)C(C)C)cn1. The molecule has 0 saturated carbocycles. The summed E-state index contributed by atoms with van der Waals surface area (Å²) in [5.74, 6) is 0.0999. The van der Waals surface area contributed by atoms with Crippen LogP contribution in [0.25, 0.3) is 23.0 Å². The molecule has 0 unspecified atom stereocenters. The summed E-state index contributed by atoms with van der Waals surface area (Å²) in [5, 5.41) is 11.9. The Hall–Kier alpha value is -3.93. The number of nitrogens with zero attached hydrogens (tertiary/aromatic N) is 6.